The lowest BCUT2D eigenvalue weighted by Crippen LogP contribution is -2.36. The number of rotatable bonds is 8. The molecule has 9 heteroatoms. The standard InChI is InChI=1S/C22H27ClN2O4S.ClH/c1-28-19-14-15-10-13-25(18-9-8-16(21(15)18)22(19)29-2)12-5-11-24-30(26,27)20-7-4-3-6-17(20)23;/h3-4,6-7,14,18,24H,5,8-13H2,1-2H3;1H. The van der Waals surface area contributed by atoms with Crippen molar-refractivity contribution in [1.29, 1.82) is 0 Å². The second-order valence-corrected chi connectivity index (χ2v) is 9.83. The predicted molar refractivity (Wildman–Crippen MR) is 124 cm³/mol. The summed E-state index contributed by atoms with van der Waals surface area (Å²) in [7, 11) is -0.222. The molecule has 0 saturated carbocycles. The molecule has 0 fully saturated rings. The third-order valence-electron chi connectivity index (χ3n) is 6.05. The van der Waals surface area contributed by atoms with Crippen LogP contribution in [0, 0.1) is 0 Å². The average molecular weight is 487 g/mol. The van der Waals surface area contributed by atoms with E-state index in [0.29, 0.717) is 12.6 Å². The zero-order valence-corrected chi connectivity index (χ0v) is 20.1. The summed E-state index contributed by atoms with van der Waals surface area (Å²) in [6.45, 7) is 2.18. The Morgan fingerprint density at radius 1 is 1.19 bits per heavy atom. The van der Waals surface area contributed by atoms with Crippen molar-refractivity contribution in [3.8, 4) is 11.5 Å². The van der Waals surface area contributed by atoms with Crippen LogP contribution in [0.4, 0.5) is 0 Å². The molecule has 31 heavy (non-hydrogen) atoms. The monoisotopic (exact) mass is 486 g/mol. The van der Waals surface area contributed by atoms with Crippen molar-refractivity contribution in [3.63, 3.8) is 0 Å². The molecule has 0 aromatic heterocycles. The fourth-order valence-electron chi connectivity index (χ4n) is 4.72. The highest BCUT2D eigenvalue weighted by Gasteiger charge is 2.36. The van der Waals surface area contributed by atoms with Gasteiger partial charge in [0.2, 0.25) is 10.0 Å². The molecule has 0 radical (unpaired) electrons. The first-order chi connectivity index (χ1) is 14.5. The van der Waals surface area contributed by atoms with Crippen molar-refractivity contribution in [3.05, 3.63) is 52.0 Å². The van der Waals surface area contributed by atoms with Gasteiger partial charge >= 0.3 is 0 Å². The van der Waals surface area contributed by atoms with E-state index in [0.717, 1.165) is 50.3 Å². The minimum atomic E-state index is -3.60. The summed E-state index contributed by atoms with van der Waals surface area (Å²) < 4.78 is 38.8. The van der Waals surface area contributed by atoms with Gasteiger partial charge in [-0.25, -0.2) is 13.1 Å². The molecule has 2 aliphatic rings. The minimum absolute atomic E-state index is 0. The van der Waals surface area contributed by atoms with Gasteiger partial charge in [-0.15, -0.1) is 12.4 Å². The Bertz CT molecular complexity index is 1050. The van der Waals surface area contributed by atoms with E-state index in [2.05, 4.69) is 15.7 Å². The molecule has 0 spiro atoms. The van der Waals surface area contributed by atoms with Crippen molar-refractivity contribution < 1.29 is 17.9 Å². The molecule has 1 heterocycles. The van der Waals surface area contributed by atoms with Gasteiger partial charge in [0.05, 0.1) is 19.2 Å². The van der Waals surface area contributed by atoms with Gasteiger partial charge < -0.3 is 9.47 Å². The Balaban J connectivity index is 0.00000272. The van der Waals surface area contributed by atoms with Crippen LogP contribution in [0.25, 0.3) is 0 Å². The van der Waals surface area contributed by atoms with E-state index in [-0.39, 0.29) is 22.3 Å². The highest BCUT2D eigenvalue weighted by Crippen LogP contribution is 2.48. The Labute approximate surface area is 195 Å². The third-order valence-corrected chi connectivity index (χ3v) is 8.01. The second-order valence-electron chi connectivity index (χ2n) is 7.69. The smallest absolute Gasteiger partial charge is 0.242 e. The SMILES string of the molecule is COc1cc2c3c(c1OC)CCC3N(CCCNS(=O)(=O)c1ccccc1Cl)CC2.Cl. The highest BCUT2D eigenvalue weighted by atomic mass is 35.5. The summed E-state index contributed by atoms with van der Waals surface area (Å²) in [6, 6.07) is 8.98. The molecular weight excluding hydrogens is 459 g/mol. The van der Waals surface area contributed by atoms with Crippen LogP contribution in [0.3, 0.4) is 0 Å². The summed E-state index contributed by atoms with van der Waals surface area (Å²) in [5, 5.41) is 0.237. The van der Waals surface area contributed by atoms with Crippen LogP contribution < -0.4 is 14.2 Å². The molecular formula is C22H28Cl2N2O4S. The maximum absolute atomic E-state index is 12.5. The van der Waals surface area contributed by atoms with E-state index in [1.807, 2.05) is 0 Å². The zero-order valence-electron chi connectivity index (χ0n) is 17.7. The van der Waals surface area contributed by atoms with Gasteiger partial charge in [-0.1, -0.05) is 23.7 Å². The van der Waals surface area contributed by atoms with E-state index >= 15 is 0 Å². The van der Waals surface area contributed by atoms with E-state index < -0.39 is 10.0 Å². The molecule has 0 bridgehead atoms. The van der Waals surface area contributed by atoms with Crippen LogP contribution in [0.2, 0.25) is 5.02 Å². The zero-order chi connectivity index (χ0) is 21.3. The average Bonchev–Trinajstić information content (AvgIpc) is 3.18. The number of nitrogens with one attached hydrogen (secondary N) is 1. The molecule has 0 amide bonds. The maximum atomic E-state index is 12.5. The van der Waals surface area contributed by atoms with Crippen molar-refractivity contribution in [1.82, 2.24) is 9.62 Å². The van der Waals surface area contributed by atoms with Gasteiger partial charge in [0.15, 0.2) is 11.5 Å². The van der Waals surface area contributed by atoms with Gasteiger partial charge in [-0.2, -0.15) is 0 Å². The van der Waals surface area contributed by atoms with Gasteiger partial charge in [0.1, 0.15) is 4.90 Å². The topological polar surface area (TPSA) is 67.9 Å². The lowest BCUT2D eigenvalue weighted by Gasteiger charge is -2.35. The molecule has 1 N–H and O–H groups in total. The normalized spacial score (nSPS) is 17.7. The summed E-state index contributed by atoms with van der Waals surface area (Å²) in [6.07, 6.45) is 3.73. The van der Waals surface area contributed by atoms with E-state index in [9.17, 15) is 8.42 Å². The van der Waals surface area contributed by atoms with Gasteiger partial charge in [-0.05, 0) is 55.0 Å². The highest BCUT2D eigenvalue weighted by molar-refractivity contribution is 7.89. The van der Waals surface area contributed by atoms with Crippen molar-refractivity contribution in [2.75, 3.05) is 33.9 Å². The Hall–Kier alpha value is -1.51. The number of benzene rings is 2. The molecule has 2 aromatic carbocycles. The summed E-state index contributed by atoms with van der Waals surface area (Å²) in [4.78, 5) is 2.59. The van der Waals surface area contributed by atoms with Crippen LogP contribution in [0.5, 0.6) is 11.5 Å². The number of hydrogen-bond acceptors (Lipinski definition) is 5. The number of nitrogens with zero attached hydrogens (tertiary/aromatic N) is 1. The number of methoxy groups -OCH3 is 2. The lowest BCUT2D eigenvalue weighted by molar-refractivity contribution is 0.184. The fourth-order valence-corrected chi connectivity index (χ4v) is 6.31. The molecule has 2 aromatic rings. The van der Waals surface area contributed by atoms with Crippen LogP contribution in [0.15, 0.2) is 35.2 Å². The summed E-state index contributed by atoms with van der Waals surface area (Å²) >= 11 is 6.03. The minimum Gasteiger partial charge on any atom is -0.493 e. The molecule has 1 atom stereocenters. The number of sulfonamides is 1. The van der Waals surface area contributed by atoms with Crippen LogP contribution in [0.1, 0.15) is 35.6 Å². The number of halogens is 2. The van der Waals surface area contributed by atoms with E-state index in [4.69, 9.17) is 21.1 Å². The lowest BCUT2D eigenvalue weighted by atomic mass is 9.92. The molecule has 1 aliphatic carbocycles. The first-order valence-corrected chi connectivity index (χ1v) is 12.1. The van der Waals surface area contributed by atoms with Crippen molar-refractivity contribution >= 4 is 34.0 Å². The maximum Gasteiger partial charge on any atom is 0.242 e. The van der Waals surface area contributed by atoms with Crippen LogP contribution in [-0.2, 0) is 22.9 Å². The van der Waals surface area contributed by atoms with Gasteiger partial charge in [0, 0.05) is 31.2 Å². The Morgan fingerprint density at radius 2 is 1.97 bits per heavy atom. The van der Waals surface area contributed by atoms with E-state index in [1.165, 1.54) is 22.8 Å². The van der Waals surface area contributed by atoms with Crippen molar-refractivity contribution in [2.24, 2.45) is 0 Å². The first-order valence-electron chi connectivity index (χ1n) is 10.2. The van der Waals surface area contributed by atoms with Crippen LogP contribution >= 0.6 is 24.0 Å². The van der Waals surface area contributed by atoms with E-state index in [1.54, 1.807) is 32.4 Å². The Kier molecular flexibility index (Phi) is 7.76. The van der Waals surface area contributed by atoms with Crippen molar-refractivity contribution in [2.45, 2.75) is 36.6 Å². The summed E-state index contributed by atoms with van der Waals surface area (Å²) in [5.74, 6) is 1.67. The largest absolute Gasteiger partial charge is 0.493 e. The first kappa shape index (κ1) is 24.1. The third kappa shape index (κ3) is 4.66. The summed E-state index contributed by atoms with van der Waals surface area (Å²) in [5.41, 5.74) is 4.00. The molecule has 0 saturated heterocycles. The molecule has 4 rings (SSSR count). The fraction of sp³-hybridized carbons (Fsp3) is 0.455. The number of ether oxygens (including phenoxy) is 2. The Morgan fingerprint density at radius 3 is 2.68 bits per heavy atom. The molecule has 170 valence electrons. The number of hydrogen-bond donors (Lipinski definition) is 1. The quantitative estimate of drug-likeness (QED) is 0.571. The second kappa shape index (κ2) is 9.96. The van der Waals surface area contributed by atoms with Crippen LogP contribution in [-0.4, -0.2) is 47.2 Å². The van der Waals surface area contributed by atoms with Gasteiger partial charge in [0.25, 0.3) is 0 Å². The molecule has 1 unspecified atom stereocenters. The molecule has 1 aliphatic heterocycles. The van der Waals surface area contributed by atoms with Gasteiger partial charge in [-0.3, -0.25) is 4.90 Å². The predicted octanol–water partition coefficient (Wildman–Crippen LogP) is 3.99. The molecule has 6 nitrogen and oxygen atoms in total.